The number of ether oxygens (including phenoxy) is 1. The molecule has 0 unspecified atom stereocenters. The van der Waals surface area contributed by atoms with Crippen LogP contribution < -0.4 is 0 Å². The molecule has 0 atom stereocenters. The molecule has 0 aromatic heterocycles. The summed E-state index contributed by atoms with van der Waals surface area (Å²) in [5.74, 6) is -0.236. The number of nitrogens with zero attached hydrogens (tertiary/aromatic N) is 1. The Balaban J connectivity index is 3.29. The van der Waals surface area contributed by atoms with E-state index in [4.69, 9.17) is 4.74 Å². The topological polar surface area (TPSA) is 78.7 Å². The number of hydrogen-bond donors (Lipinski definition) is 0. The van der Waals surface area contributed by atoms with Gasteiger partial charge in [0, 0.05) is 12.8 Å². The first kappa shape index (κ1) is 25.1. The van der Waals surface area contributed by atoms with Gasteiger partial charge in [-0.15, -0.1) is 10.1 Å². The third-order valence-electron chi connectivity index (χ3n) is 4.11. The van der Waals surface area contributed by atoms with Crippen molar-refractivity contribution in [1.29, 1.82) is 0 Å². The van der Waals surface area contributed by atoms with Crippen LogP contribution in [0.25, 0.3) is 0 Å². The molecule has 0 aromatic carbocycles. The van der Waals surface area contributed by atoms with Crippen LogP contribution in [0.3, 0.4) is 0 Å². The van der Waals surface area contributed by atoms with E-state index in [1.54, 1.807) is 0 Å². The van der Waals surface area contributed by atoms with Crippen molar-refractivity contribution in [3.05, 3.63) is 34.4 Å². The van der Waals surface area contributed by atoms with Gasteiger partial charge in [0.2, 0.25) is 0 Å². The lowest BCUT2D eigenvalue weighted by Gasteiger charge is -2.04. The summed E-state index contributed by atoms with van der Waals surface area (Å²) < 4.78 is 4.99. The number of unbranched alkanes of at least 4 members (excludes halogenated alkanes) is 9. The lowest BCUT2D eigenvalue weighted by atomic mass is 10.1. The molecular weight excluding hydrogens is 346 g/mol. The minimum absolute atomic E-state index is 0.0382. The summed E-state index contributed by atoms with van der Waals surface area (Å²) in [7, 11) is 0. The molecule has 0 aliphatic rings. The van der Waals surface area contributed by atoms with E-state index in [0.717, 1.165) is 25.7 Å². The number of esters is 1. The summed E-state index contributed by atoms with van der Waals surface area (Å²) in [5.41, 5.74) is 0. The number of carbonyl (C=O) groups excluding carboxylic acids is 1. The molecule has 0 radical (unpaired) electrons. The molecule has 0 amide bonds. The van der Waals surface area contributed by atoms with E-state index >= 15 is 0 Å². The fourth-order valence-corrected chi connectivity index (χ4v) is 2.56. The first-order chi connectivity index (χ1) is 13.2. The highest BCUT2D eigenvalue weighted by Gasteiger charge is 2.03. The van der Waals surface area contributed by atoms with Gasteiger partial charge >= 0.3 is 5.97 Å². The Hall–Kier alpha value is -1.85. The van der Waals surface area contributed by atoms with Crippen molar-refractivity contribution in [2.24, 2.45) is 0 Å². The van der Waals surface area contributed by atoms with Crippen molar-refractivity contribution in [2.75, 3.05) is 13.2 Å². The zero-order valence-corrected chi connectivity index (χ0v) is 16.9. The lowest BCUT2D eigenvalue weighted by molar-refractivity contribution is -0.757. The highest BCUT2D eigenvalue weighted by Crippen LogP contribution is 2.08. The Morgan fingerprint density at radius 3 is 2.07 bits per heavy atom. The van der Waals surface area contributed by atoms with Crippen LogP contribution in [0.2, 0.25) is 0 Å². The summed E-state index contributed by atoms with van der Waals surface area (Å²) in [5, 5.41) is 9.09. The summed E-state index contributed by atoms with van der Waals surface area (Å²) in [6, 6.07) is 0. The first-order valence-electron chi connectivity index (χ1n) is 10.4. The molecule has 0 aromatic rings. The van der Waals surface area contributed by atoms with Gasteiger partial charge in [0.15, 0.2) is 0 Å². The van der Waals surface area contributed by atoms with Crippen molar-refractivity contribution < 1.29 is 19.5 Å². The van der Waals surface area contributed by atoms with E-state index in [2.05, 4.69) is 36.1 Å². The van der Waals surface area contributed by atoms with E-state index in [1.165, 1.54) is 44.9 Å². The second-order valence-electron chi connectivity index (χ2n) is 6.64. The minimum Gasteiger partial charge on any atom is -0.466 e. The third kappa shape index (κ3) is 22.1. The molecule has 0 fully saturated rings. The predicted molar refractivity (Wildman–Crippen MR) is 108 cm³/mol. The number of allylic oxidation sites excluding steroid dienone is 4. The van der Waals surface area contributed by atoms with Gasteiger partial charge in [0.05, 0.1) is 13.2 Å². The standard InChI is InChI=1S/C21H37NO5/c1-2-3-4-5-6-7-8-9-10-11-12-13-14-15-16-18-21(23)26-19-17-20-27-22(24)25/h7-10H,2-6,11-20H2,1H3/b8-7+,10-9+. The van der Waals surface area contributed by atoms with E-state index in [-0.39, 0.29) is 19.2 Å². The smallest absolute Gasteiger partial charge is 0.305 e. The summed E-state index contributed by atoms with van der Waals surface area (Å²) in [6.07, 6.45) is 22.4. The normalized spacial score (nSPS) is 11.3. The maximum absolute atomic E-state index is 11.5. The predicted octanol–water partition coefficient (Wildman–Crippen LogP) is 5.94. The Labute approximate surface area is 164 Å². The van der Waals surface area contributed by atoms with Crippen molar-refractivity contribution >= 4 is 5.97 Å². The van der Waals surface area contributed by atoms with Crippen LogP contribution in [-0.4, -0.2) is 24.3 Å². The van der Waals surface area contributed by atoms with Crippen LogP contribution in [0.1, 0.15) is 90.4 Å². The molecule has 156 valence electrons. The lowest BCUT2D eigenvalue weighted by Crippen LogP contribution is -2.09. The molecule has 0 saturated heterocycles. The van der Waals surface area contributed by atoms with Crippen LogP contribution in [0.4, 0.5) is 0 Å². The maximum Gasteiger partial charge on any atom is 0.305 e. The fraction of sp³-hybridized carbons (Fsp3) is 0.762. The van der Waals surface area contributed by atoms with Gasteiger partial charge in [0.1, 0.15) is 0 Å². The van der Waals surface area contributed by atoms with Gasteiger partial charge in [-0.3, -0.25) is 4.79 Å². The average Bonchev–Trinajstić information content (AvgIpc) is 2.64. The average molecular weight is 384 g/mol. The van der Waals surface area contributed by atoms with Crippen molar-refractivity contribution in [3.63, 3.8) is 0 Å². The summed E-state index contributed by atoms with van der Waals surface area (Å²) in [4.78, 5) is 25.5. The maximum atomic E-state index is 11.5. The van der Waals surface area contributed by atoms with E-state index in [9.17, 15) is 14.9 Å². The third-order valence-corrected chi connectivity index (χ3v) is 4.11. The van der Waals surface area contributed by atoms with Gasteiger partial charge < -0.3 is 9.57 Å². The van der Waals surface area contributed by atoms with Crippen LogP contribution in [-0.2, 0) is 14.4 Å². The zero-order valence-electron chi connectivity index (χ0n) is 16.9. The number of carbonyl (C=O) groups is 1. The molecule has 0 spiro atoms. The molecule has 6 nitrogen and oxygen atoms in total. The van der Waals surface area contributed by atoms with Crippen molar-refractivity contribution in [3.8, 4) is 0 Å². The van der Waals surface area contributed by atoms with Crippen LogP contribution in [0, 0.1) is 10.1 Å². The quantitative estimate of drug-likeness (QED) is 0.0906. The Kier molecular flexibility index (Phi) is 19.1. The second kappa shape index (κ2) is 20.5. The number of hydrogen-bond acceptors (Lipinski definition) is 5. The molecule has 0 heterocycles. The SMILES string of the molecule is CCCCCC/C=C/C=C/CCCCCCCC(=O)OCCCO[N+](=O)[O-]. The van der Waals surface area contributed by atoms with Gasteiger partial charge in [0.25, 0.3) is 5.09 Å². The van der Waals surface area contributed by atoms with Crippen LogP contribution >= 0.6 is 0 Å². The van der Waals surface area contributed by atoms with E-state index < -0.39 is 5.09 Å². The number of rotatable bonds is 19. The van der Waals surface area contributed by atoms with Gasteiger partial charge in [-0.05, 0) is 32.1 Å². The minimum atomic E-state index is -0.843. The highest BCUT2D eigenvalue weighted by atomic mass is 16.9. The van der Waals surface area contributed by atoms with E-state index in [0.29, 0.717) is 12.8 Å². The van der Waals surface area contributed by atoms with Crippen LogP contribution in [0.5, 0.6) is 0 Å². The molecule has 0 bridgehead atoms. The molecule has 0 rings (SSSR count). The highest BCUT2D eigenvalue weighted by molar-refractivity contribution is 5.69. The molecule has 6 heteroatoms. The molecular formula is C21H37NO5. The van der Waals surface area contributed by atoms with E-state index in [1.807, 2.05) is 0 Å². The van der Waals surface area contributed by atoms with Gasteiger partial charge in [-0.2, -0.15) is 0 Å². The molecule has 27 heavy (non-hydrogen) atoms. The summed E-state index contributed by atoms with van der Waals surface area (Å²) >= 11 is 0. The first-order valence-corrected chi connectivity index (χ1v) is 10.4. The molecule has 0 aliphatic heterocycles. The van der Waals surface area contributed by atoms with Crippen molar-refractivity contribution in [1.82, 2.24) is 0 Å². The van der Waals surface area contributed by atoms with Gasteiger partial charge in [-0.25, -0.2) is 0 Å². The zero-order chi connectivity index (χ0) is 20.0. The van der Waals surface area contributed by atoms with Crippen molar-refractivity contribution in [2.45, 2.75) is 90.4 Å². The molecule has 0 N–H and O–H groups in total. The largest absolute Gasteiger partial charge is 0.466 e. The summed E-state index contributed by atoms with van der Waals surface area (Å²) in [6.45, 7) is 2.37. The van der Waals surface area contributed by atoms with Gasteiger partial charge in [-0.1, -0.05) is 69.8 Å². The van der Waals surface area contributed by atoms with Crippen LogP contribution in [0.15, 0.2) is 24.3 Å². The molecule has 0 saturated carbocycles. The second-order valence-corrected chi connectivity index (χ2v) is 6.64. The Bertz CT molecular complexity index is 421. The Morgan fingerprint density at radius 2 is 1.44 bits per heavy atom. The fourth-order valence-electron chi connectivity index (χ4n) is 2.56. The molecule has 0 aliphatic carbocycles. The monoisotopic (exact) mass is 383 g/mol. The Morgan fingerprint density at radius 1 is 0.852 bits per heavy atom.